The van der Waals surface area contributed by atoms with E-state index >= 15 is 0 Å². The van der Waals surface area contributed by atoms with Gasteiger partial charge in [-0.25, -0.2) is 5.90 Å². The molecule has 0 spiro atoms. The van der Waals surface area contributed by atoms with Gasteiger partial charge >= 0.3 is 0 Å². The lowest BCUT2D eigenvalue weighted by Gasteiger charge is -2.08. The third-order valence-electron chi connectivity index (χ3n) is 1.81. The topological polar surface area (TPSA) is 83.4 Å². The molecule has 1 atom stereocenters. The van der Waals surface area contributed by atoms with Crippen LogP contribution in [0.15, 0.2) is 4.52 Å². The molecule has 14 heavy (non-hydrogen) atoms. The van der Waals surface area contributed by atoms with Crippen molar-refractivity contribution in [2.24, 2.45) is 5.90 Å². The zero-order chi connectivity index (χ0) is 10.4. The Kier molecular flexibility index (Phi) is 4.51. The van der Waals surface area contributed by atoms with Crippen LogP contribution >= 0.6 is 0 Å². The summed E-state index contributed by atoms with van der Waals surface area (Å²) in [6.07, 6.45) is 1.74. The van der Waals surface area contributed by atoms with Crippen molar-refractivity contribution < 1.29 is 14.1 Å². The summed E-state index contributed by atoms with van der Waals surface area (Å²) < 4.78 is 10.1. The monoisotopic (exact) mass is 201 g/mol. The van der Waals surface area contributed by atoms with E-state index in [1.54, 1.807) is 7.11 Å². The van der Waals surface area contributed by atoms with Crippen LogP contribution in [0.25, 0.3) is 0 Å². The first kappa shape index (κ1) is 11.1. The molecule has 0 aliphatic rings. The Hall–Kier alpha value is -0.980. The molecule has 0 radical (unpaired) electrons. The van der Waals surface area contributed by atoms with E-state index in [9.17, 15) is 0 Å². The number of rotatable bonds is 6. The molecule has 80 valence electrons. The summed E-state index contributed by atoms with van der Waals surface area (Å²) in [5.41, 5.74) is 0. The molecule has 0 saturated carbocycles. The van der Waals surface area contributed by atoms with Gasteiger partial charge in [-0.1, -0.05) is 18.5 Å². The van der Waals surface area contributed by atoms with Gasteiger partial charge in [0, 0.05) is 7.11 Å². The van der Waals surface area contributed by atoms with Gasteiger partial charge in [-0.15, -0.1) is 0 Å². The third-order valence-corrected chi connectivity index (χ3v) is 1.81. The van der Waals surface area contributed by atoms with Crippen LogP contribution in [0.2, 0.25) is 0 Å². The normalized spacial score (nSPS) is 13.1. The van der Waals surface area contributed by atoms with Crippen LogP contribution in [0.3, 0.4) is 0 Å². The lowest BCUT2D eigenvalue weighted by Crippen LogP contribution is -2.04. The molecule has 0 aromatic carbocycles. The molecule has 0 bridgehead atoms. The average Bonchev–Trinajstić information content (AvgIpc) is 2.63. The van der Waals surface area contributed by atoms with Gasteiger partial charge in [0.2, 0.25) is 5.82 Å². The van der Waals surface area contributed by atoms with Crippen molar-refractivity contribution in [3.8, 4) is 0 Å². The van der Waals surface area contributed by atoms with E-state index in [4.69, 9.17) is 15.2 Å². The van der Waals surface area contributed by atoms with Crippen molar-refractivity contribution in [1.82, 2.24) is 10.1 Å². The zero-order valence-corrected chi connectivity index (χ0v) is 8.40. The maximum atomic E-state index is 5.21. The van der Waals surface area contributed by atoms with Crippen molar-refractivity contribution in [1.29, 1.82) is 0 Å². The van der Waals surface area contributed by atoms with Crippen LogP contribution < -0.4 is 5.90 Å². The van der Waals surface area contributed by atoms with E-state index in [1.165, 1.54) is 0 Å². The Labute approximate surface area is 82.3 Å². The zero-order valence-electron chi connectivity index (χ0n) is 8.40. The molecule has 1 heterocycles. The smallest absolute Gasteiger partial charge is 0.254 e. The third kappa shape index (κ3) is 2.76. The number of nitrogens with zero attached hydrogens (tertiary/aromatic N) is 2. The average molecular weight is 201 g/mol. The van der Waals surface area contributed by atoms with Gasteiger partial charge in [0.05, 0.1) is 0 Å². The molecular weight excluding hydrogens is 186 g/mol. The summed E-state index contributed by atoms with van der Waals surface area (Å²) in [7, 11) is 1.62. The Morgan fingerprint density at radius 1 is 1.57 bits per heavy atom. The van der Waals surface area contributed by atoms with Gasteiger partial charge in [0.1, 0.15) is 12.7 Å². The Morgan fingerprint density at radius 2 is 2.36 bits per heavy atom. The first-order valence-corrected chi connectivity index (χ1v) is 4.48. The molecule has 0 aliphatic carbocycles. The molecular formula is C8H15N3O3. The minimum atomic E-state index is -0.115. The quantitative estimate of drug-likeness (QED) is 0.690. The first-order valence-electron chi connectivity index (χ1n) is 4.48. The van der Waals surface area contributed by atoms with Crippen molar-refractivity contribution in [2.45, 2.75) is 32.5 Å². The van der Waals surface area contributed by atoms with E-state index < -0.39 is 0 Å². The van der Waals surface area contributed by atoms with Crippen LogP contribution in [0.4, 0.5) is 0 Å². The Balaban J connectivity index is 2.63. The molecule has 6 heteroatoms. The molecule has 2 N–H and O–H groups in total. The van der Waals surface area contributed by atoms with Gasteiger partial charge in [-0.3, -0.25) is 4.84 Å². The van der Waals surface area contributed by atoms with Crippen LogP contribution in [-0.2, 0) is 16.2 Å². The molecule has 1 aromatic rings. The first-order chi connectivity index (χ1) is 6.81. The molecule has 0 fully saturated rings. The van der Waals surface area contributed by atoms with E-state index in [2.05, 4.69) is 21.9 Å². The van der Waals surface area contributed by atoms with Crippen molar-refractivity contribution in [2.75, 3.05) is 7.11 Å². The van der Waals surface area contributed by atoms with Crippen LogP contribution in [0, 0.1) is 0 Å². The highest BCUT2D eigenvalue weighted by Crippen LogP contribution is 2.18. The maximum Gasteiger partial charge on any atom is 0.254 e. The standard InChI is InChI=1S/C8H15N3O3/c1-3-4-6(12-2)8-10-7(5-13-9)14-11-8/h6H,3-5,9H2,1-2H3. The fraction of sp³-hybridized carbons (Fsp3) is 0.750. The second-order valence-corrected chi connectivity index (χ2v) is 2.87. The summed E-state index contributed by atoms with van der Waals surface area (Å²) in [5.74, 6) is 5.78. The summed E-state index contributed by atoms with van der Waals surface area (Å²) in [4.78, 5) is 8.46. The second kappa shape index (κ2) is 5.69. The predicted octanol–water partition coefficient (Wildman–Crippen LogP) is 0.947. The minimum absolute atomic E-state index is 0.115. The fourth-order valence-electron chi connectivity index (χ4n) is 1.14. The number of ether oxygens (including phenoxy) is 1. The molecule has 0 amide bonds. The van der Waals surface area contributed by atoms with Crippen molar-refractivity contribution in [3.05, 3.63) is 11.7 Å². The number of nitrogens with two attached hydrogens (primary N) is 1. The fourth-order valence-corrected chi connectivity index (χ4v) is 1.14. The lowest BCUT2D eigenvalue weighted by atomic mass is 10.2. The molecule has 1 unspecified atom stereocenters. The Bertz CT molecular complexity index is 264. The maximum absolute atomic E-state index is 5.21. The van der Waals surface area contributed by atoms with E-state index in [0.29, 0.717) is 11.7 Å². The summed E-state index contributed by atoms with van der Waals surface area (Å²) in [5, 5.41) is 3.78. The summed E-state index contributed by atoms with van der Waals surface area (Å²) >= 11 is 0. The molecule has 1 aromatic heterocycles. The van der Waals surface area contributed by atoms with E-state index in [1.807, 2.05) is 0 Å². The van der Waals surface area contributed by atoms with E-state index in [-0.39, 0.29) is 12.7 Å². The summed E-state index contributed by atoms with van der Waals surface area (Å²) in [6, 6.07) is 0. The lowest BCUT2D eigenvalue weighted by molar-refractivity contribution is 0.0851. The van der Waals surface area contributed by atoms with Crippen molar-refractivity contribution in [3.63, 3.8) is 0 Å². The van der Waals surface area contributed by atoms with Gasteiger partial charge in [0.25, 0.3) is 5.89 Å². The Morgan fingerprint density at radius 3 is 2.93 bits per heavy atom. The summed E-state index contributed by atoms with van der Waals surface area (Å²) in [6.45, 7) is 2.19. The highest BCUT2D eigenvalue weighted by Gasteiger charge is 2.16. The van der Waals surface area contributed by atoms with Gasteiger partial charge < -0.3 is 9.26 Å². The number of aromatic nitrogens is 2. The van der Waals surface area contributed by atoms with Crippen molar-refractivity contribution >= 4 is 0 Å². The number of hydrogen-bond donors (Lipinski definition) is 1. The number of hydrogen-bond acceptors (Lipinski definition) is 6. The molecule has 6 nitrogen and oxygen atoms in total. The van der Waals surface area contributed by atoms with Crippen LogP contribution in [0.1, 0.15) is 37.6 Å². The predicted molar refractivity (Wildman–Crippen MR) is 47.9 cm³/mol. The second-order valence-electron chi connectivity index (χ2n) is 2.87. The molecule has 0 aliphatic heterocycles. The molecule has 1 rings (SSSR count). The van der Waals surface area contributed by atoms with E-state index in [0.717, 1.165) is 12.8 Å². The van der Waals surface area contributed by atoms with Gasteiger partial charge in [0.15, 0.2) is 0 Å². The largest absolute Gasteiger partial charge is 0.373 e. The number of methoxy groups -OCH3 is 1. The highest BCUT2D eigenvalue weighted by atomic mass is 16.6. The van der Waals surface area contributed by atoms with Gasteiger partial charge in [-0.2, -0.15) is 4.98 Å². The molecule has 0 saturated heterocycles. The van der Waals surface area contributed by atoms with Crippen LogP contribution in [0.5, 0.6) is 0 Å². The highest BCUT2D eigenvalue weighted by molar-refractivity contribution is 4.90. The van der Waals surface area contributed by atoms with Crippen LogP contribution in [-0.4, -0.2) is 17.3 Å². The minimum Gasteiger partial charge on any atom is -0.373 e. The SMILES string of the molecule is CCCC(OC)c1noc(CON)n1. The van der Waals surface area contributed by atoms with Gasteiger partial charge in [-0.05, 0) is 6.42 Å².